The zero-order chi connectivity index (χ0) is 13.9. The number of aromatic nitrogens is 3. The van der Waals surface area contributed by atoms with Crippen LogP contribution in [0.5, 0.6) is 5.75 Å². The number of ether oxygens (including phenoxy) is 1. The van der Waals surface area contributed by atoms with E-state index in [-0.39, 0.29) is 5.91 Å². The molecule has 0 radical (unpaired) electrons. The largest absolute Gasteiger partial charge is 0.494 e. The van der Waals surface area contributed by atoms with E-state index >= 15 is 0 Å². The Balaban J connectivity index is 1.72. The second-order valence-corrected chi connectivity index (χ2v) is 5.28. The minimum absolute atomic E-state index is 0.194. The summed E-state index contributed by atoms with van der Waals surface area (Å²) >= 11 is 1.64. The number of benzene rings is 1. The highest BCUT2D eigenvalue weighted by Crippen LogP contribution is 2.26. The maximum atomic E-state index is 12.1. The minimum atomic E-state index is -0.194. The lowest BCUT2D eigenvalue weighted by Gasteiger charge is -2.06. The molecule has 1 aromatic carbocycles. The molecule has 1 aliphatic rings. The molecule has 0 saturated carbocycles. The molecule has 0 atom stereocenters. The van der Waals surface area contributed by atoms with Gasteiger partial charge in [-0.05, 0) is 31.2 Å². The number of carbonyl (C=O) groups is 1. The highest BCUT2D eigenvalue weighted by molar-refractivity contribution is 7.99. The molecular weight excluding hydrogens is 276 g/mol. The van der Waals surface area contributed by atoms with E-state index in [0.717, 1.165) is 23.2 Å². The summed E-state index contributed by atoms with van der Waals surface area (Å²) in [5, 5.41) is 11.6. The van der Waals surface area contributed by atoms with Gasteiger partial charge in [-0.15, -0.1) is 10.2 Å². The van der Waals surface area contributed by atoms with Crippen LogP contribution in [-0.2, 0) is 6.54 Å². The zero-order valence-corrected chi connectivity index (χ0v) is 11.8. The quantitative estimate of drug-likeness (QED) is 0.933. The van der Waals surface area contributed by atoms with Gasteiger partial charge in [-0.2, -0.15) is 0 Å². The molecule has 0 bridgehead atoms. The second-order valence-electron chi connectivity index (χ2n) is 4.22. The Morgan fingerprint density at radius 1 is 1.40 bits per heavy atom. The third-order valence-electron chi connectivity index (χ3n) is 2.92. The number of hydrogen-bond donors (Lipinski definition) is 1. The molecule has 0 aliphatic carbocycles. The lowest BCUT2D eigenvalue weighted by molar-refractivity contribution is 0.102. The van der Waals surface area contributed by atoms with Crippen LogP contribution in [0, 0.1) is 0 Å². The van der Waals surface area contributed by atoms with Crippen molar-refractivity contribution in [2.75, 3.05) is 17.7 Å². The molecule has 20 heavy (non-hydrogen) atoms. The molecule has 0 unspecified atom stereocenters. The topological polar surface area (TPSA) is 69.0 Å². The van der Waals surface area contributed by atoms with E-state index in [4.69, 9.17) is 4.74 Å². The van der Waals surface area contributed by atoms with Crippen molar-refractivity contribution in [1.82, 2.24) is 14.8 Å². The number of carbonyl (C=O) groups excluding carboxylic acids is 1. The van der Waals surface area contributed by atoms with Gasteiger partial charge >= 0.3 is 0 Å². The number of hydrogen-bond acceptors (Lipinski definition) is 5. The van der Waals surface area contributed by atoms with Gasteiger partial charge in [0.1, 0.15) is 5.75 Å². The first-order valence-electron chi connectivity index (χ1n) is 6.38. The van der Waals surface area contributed by atoms with Gasteiger partial charge in [0.15, 0.2) is 5.16 Å². The molecule has 0 spiro atoms. The molecular formula is C13H14N4O2S. The summed E-state index contributed by atoms with van der Waals surface area (Å²) in [4.78, 5) is 12.1. The van der Waals surface area contributed by atoms with E-state index in [2.05, 4.69) is 15.5 Å². The van der Waals surface area contributed by atoms with Crippen molar-refractivity contribution in [3.8, 4) is 5.75 Å². The van der Waals surface area contributed by atoms with Gasteiger partial charge in [0.25, 0.3) is 5.91 Å². The zero-order valence-electron chi connectivity index (χ0n) is 11.0. The van der Waals surface area contributed by atoms with Crippen molar-refractivity contribution in [1.29, 1.82) is 0 Å². The van der Waals surface area contributed by atoms with Crippen molar-refractivity contribution in [2.45, 2.75) is 18.6 Å². The third kappa shape index (κ3) is 2.49. The summed E-state index contributed by atoms with van der Waals surface area (Å²) < 4.78 is 7.26. The molecule has 1 amide bonds. The highest BCUT2D eigenvalue weighted by Gasteiger charge is 2.19. The fraction of sp³-hybridized carbons (Fsp3) is 0.308. The molecule has 2 aromatic rings. The average molecular weight is 290 g/mol. The first-order valence-corrected chi connectivity index (χ1v) is 7.36. The summed E-state index contributed by atoms with van der Waals surface area (Å²) in [5.41, 5.74) is 0.566. The summed E-state index contributed by atoms with van der Waals surface area (Å²) in [6.45, 7) is 3.35. The number of fused-ring (bicyclic) bond motifs is 1. The van der Waals surface area contributed by atoms with Gasteiger partial charge in [-0.3, -0.25) is 14.7 Å². The Hall–Kier alpha value is -2.02. The van der Waals surface area contributed by atoms with E-state index in [9.17, 15) is 4.79 Å². The van der Waals surface area contributed by atoms with Crippen LogP contribution in [0.3, 0.4) is 0 Å². The van der Waals surface area contributed by atoms with Gasteiger partial charge < -0.3 is 4.74 Å². The van der Waals surface area contributed by atoms with Crippen molar-refractivity contribution >= 4 is 23.6 Å². The minimum Gasteiger partial charge on any atom is -0.494 e. The lowest BCUT2D eigenvalue weighted by atomic mass is 10.2. The van der Waals surface area contributed by atoms with Crippen molar-refractivity contribution in [3.63, 3.8) is 0 Å². The SMILES string of the molecule is CCOc1ccc(C(=O)Nc2nnc3n2CCS3)cc1. The third-order valence-corrected chi connectivity index (χ3v) is 3.86. The predicted octanol–water partition coefficient (Wildman–Crippen LogP) is 2.03. The lowest BCUT2D eigenvalue weighted by Crippen LogP contribution is -2.15. The highest BCUT2D eigenvalue weighted by atomic mass is 32.2. The predicted molar refractivity (Wildman–Crippen MR) is 76.3 cm³/mol. The van der Waals surface area contributed by atoms with E-state index in [1.165, 1.54) is 0 Å². The average Bonchev–Trinajstić information content (AvgIpc) is 3.05. The number of rotatable bonds is 4. The number of amides is 1. The summed E-state index contributed by atoms with van der Waals surface area (Å²) in [6.07, 6.45) is 0. The Labute approximate surface area is 120 Å². The van der Waals surface area contributed by atoms with E-state index in [1.54, 1.807) is 36.0 Å². The maximum absolute atomic E-state index is 12.1. The molecule has 0 saturated heterocycles. The molecule has 6 nitrogen and oxygen atoms in total. The van der Waals surface area contributed by atoms with Crippen LogP contribution in [0.25, 0.3) is 0 Å². The smallest absolute Gasteiger partial charge is 0.258 e. The van der Waals surface area contributed by atoms with Crippen molar-refractivity contribution in [2.24, 2.45) is 0 Å². The first kappa shape index (κ1) is 13.0. The first-order chi connectivity index (χ1) is 9.78. The summed E-state index contributed by atoms with van der Waals surface area (Å²) in [7, 11) is 0. The van der Waals surface area contributed by atoms with Gasteiger partial charge in [-0.1, -0.05) is 11.8 Å². The van der Waals surface area contributed by atoms with E-state index in [0.29, 0.717) is 18.1 Å². The monoisotopic (exact) mass is 290 g/mol. The number of thioether (sulfide) groups is 1. The van der Waals surface area contributed by atoms with E-state index < -0.39 is 0 Å². The van der Waals surface area contributed by atoms with Crippen LogP contribution in [-0.4, -0.2) is 33.0 Å². The molecule has 2 heterocycles. The van der Waals surface area contributed by atoms with Crippen LogP contribution < -0.4 is 10.1 Å². The number of nitrogens with one attached hydrogen (secondary N) is 1. The Kier molecular flexibility index (Phi) is 3.60. The molecule has 1 N–H and O–H groups in total. The second kappa shape index (κ2) is 5.54. The van der Waals surface area contributed by atoms with E-state index in [1.807, 2.05) is 11.5 Å². The molecule has 0 fully saturated rings. The molecule has 1 aromatic heterocycles. The van der Waals surface area contributed by atoms with Crippen molar-refractivity contribution in [3.05, 3.63) is 29.8 Å². The fourth-order valence-corrected chi connectivity index (χ4v) is 2.85. The van der Waals surface area contributed by atoms with Gasteiger partial charge in [0, 0.05) is 17.9 Å². The maximum Gasteiger partial charge on any atom is 0.258 e. The summed E-state index contributed by atoms with van der Waals surface area (Å²) in [6, 6.07) is 7.03. The fourth-order valence-electron chi connectivity index (χ4n) is 1.96. The van der Waals surface area contributed by atoms with Crippen LogP contribution in [0.2, 0.25) is 0 Å². The summed E-state index contributed by atoms with van der Waals surface area (Å²) in [5.74, 6) is 2.03. The Morgan fingerprint density at radius 3 is 2.95 bits per heavy atom. The molecule has 104 valence electrons. The molecule has 7 heteroatoms. The van der Waals surface area contributed by atoms with Gasteiger partial charge in [0.05, 0.1) is 6.61 Å². The molecule has 3 rings (SSSR count). The molecule has 1 aliphatic heterocycles. The normalized spacial score (nSPS) is 13.1. The Morgan fingerprint density at radius 2 is 2.20 bits per heavy atom. The van der Waals surface area contributed by atoms with Crippen LogP contribution in [0.15, 0.2) is 29.4 Å². The van der Waals surface area contributed by atoms with Crippen LogP contribution in [0.1, 0.15) is 17.3 Å². The van der Waals surface area contributed by atoms with Crippen LogP contribution >= 0.6 is 11.8 Å². The number of nitrogens with zero attached hydrogens (tertiary/aromatic N) is 3. The number of anilines is 1. The standard InChI is InChI=1S/C13H14N4O2S/c1-2-19-10-5-3-9(4-6-10)11(18)14-12-15-16-13-17(12)7-8-20-13/h3-6H,2,7-8H2,1H3,(H,14,15,18). The van der Waals surface area contributed by atoms with Gasteiger partial charge in [-0.25, -0.2) is 0 Å². The van der Waals surface area contributed by atoms with Gasteiger partial charge in [0.2, 0.25) is 5.95 Å². The Bertz CT molecular complexity index is 624. The van der Waals surface area contributed by atoms with Crippen molar-refractivity contribution < 1.29 is 9.53 Å². The van der Waals surface area contributed by atoms with Crippen LogP contribution in [0.4, 0.5) is 5.95 Å².